The standard InChI is InChI=1S/C15H29N3/c1-15(2,13-16)8-5-9-18-10-6-14(7-11-18)12-17(3)4/h14H,5-12H2,1-4H3. The topological polar surface area (TPSA) is 30.3 Å². The highest BCUT2D eigenvalue weighted by atomic mass is 15.1. The normalized spacial score (nSPS) is 19.1. The van der Waals surface area contributed by atoms with Gasteiger partial charge in [0.1, 0.15) is 0 Å². The number of nitriles is 1. The summed E-state index contributed by atoms with van der Waals surface area (Å²) in [5.74, 6) is 0.881. The summed E-state index contributed by atoms with van der Waals surface area (Å²) in [5.41, 5.74) is -0.150. The number of hydrogen-bond donors (Lipinski definition) is 0. The van der Waals surface area contributed by atoms with Crippen LogP contribution in [0, 0.1) is 22.7 Å². The molecule has 3 heteroatoms. The molecule has 1 rings (SSSR count). The molecule has 1 fully saturated rings. The number of likely N-dealkylation sites (tertiary alicyclic amines) is 1. The first kappa shape index (κ1) is 15.5. The van der Waals surface area contributed by atoms with E-state index in [1.807, 2.05) is 13.8 Å². The van der Waals surface area contributed by atoms with Crippen molar-refractivity contribution in [2.75, 3.05) is 40.3 Å². The highest BCUT2D eigenvalue weighted by molar-refractivity contribution is 4.91. The summed E-state index contributed by atoms with van der Waals surface area (Å²) in [5, 5.41) is 8.98. The molecule has 0 aromatic rings. The monoisotopic (exact) mass is 251 g/mol. The maximum atomic E-state index is 8.98. The molecule has 0 spiro atoms. The second-order valence-electron chi connectivity index (χ2n) is 6.65. The van der Waals surface area contributed by atoms with Gasteiger partial charge in [0.15, 0.2) is 0 Å². The summed E-state index contributed by atoms with van der Waals surface area (Å²) in [6.45, 7) is 8.96. The van der Waals surface area contributed by atoms with Crippen molar-refractivity contribution in [1.29, 1.82) is 5.26 Å². The molecule has 0 atom stereocenters. The van der Waals surface area contributed by atoms with Crippen LogP contribution in [0.25, 0.3) is 0 Å². The lowest BCUT2D eigenvalue weighted by Crippen LogP contribution is -2.37. The van der Waals surface area contributed by atoms with Crippen LogP contribution in [0.1, 0.15) is 39.5 Å². The van der Waals surface area contributed by atoms with E-state index in [1.54, 1.807) is 0 Å². The first-order chi connectivity index (χ1) is 8.43. The predicted octanol–water partition coefficient (Wildman–Crippen LogP) is 2.59. The van der Waals surface area contributed by atoms with Crippen LogP contribution in [-0.4, -0.2) is 50.1 Å². The van der Waals surface area contributed by atoms with Crippen molar-refractivity contribution >= 4 is 0 Å². The average molecular weight is 251 g/mol. The van der Waals surface area contributed by atoms with Crippen LogP contribution >= 0.6 is 0 Å². The van der Waals surface area contributed by atoms with E-state index < -0.39 is 0 Å². The van der Waals surface area contributed by atoms with Gasteiger partial charge < -0.3 is 9.80 Å². The van der Waals surface area contributed by atoms with Crippen molar-refractivity contribution in [1.82, 2.24) is 9.80 Å². The summed E-state index contributed by atoms with van der Waals surface area (Å²) in [6, 6.07) is 2.38. The third-order valence-corrected chi connectivity index (χ3v) is 3.91. The summed E-state index contributed by atoms with van der Waals surface area (Å²) in [7, 11) is 4.33. The zero-order chi connectivity index (χ0) is 13.6. The molecule has 18 heavy (non-hydrogen) atoms. The molecule has 0 amide bonds. The quantitative estimate of drug-likeness (QED) is 0.727. The van der Waals surface area contributed by atoms with Crippen LogP contribution in [0.4, 0.5) is 0 Å². The van der Waals surface area contributed by atoms with E-state index >= 15 is 0 Å². The number of piperidine rings is 1. The molecular formula is C15H29N3. The molecule has 0 bridgehead atoms. The minimum absolute atomic E-state index is 0.150. The first-order valence-electron chi connectivity index (χ1n) is 7.21. The molecule has 0 radical (unpaired) electrons. The fraction of sp³-hybridized carbons (Fsp3) is 0.933. The molecule has 0 aliphatic carbocycles. The summed E-state index contributed by atoms with van der Waals surface area (Å²) in [6.07, 6.45) is 4.83. The predicted molar refractivity (Wildman–Crippen MR) is 76.3 cm³/mol. The Kier molecular flexibility index (Phi) is 6.11. The Bertz CT molecular complexity index is 270. The lowest BCUT2D eigenvalue weighted by atomic mass is 9.89. The molecule has 0 saturated carbocycles. The van der Waals surface area contributed by atoms with Gasteiger partial charge >= 0.3 is 0 Å². The van der Waals surface area contributed by atoms with E-state index in [4.69, 9.17) is 5.26 Å². The second-order valence-corrected chi connectivity index (χ2v) is 6.65. The summed E-state index contributed by atoms with van der Waals surface area (Å²) < 4.78 is 0. The van der Waals surface area contributed by atoms with Gasteiger partial charge in [-0.25, -0.2) is 0 Å². The van der Waals surface area contributed by atoms with Crippen LogP contribution < -0.4 is 0 Å². The molecular weight excluding hydrogens is 222 g/mol. The van der Waals surface area contributed by atoms with Crippen LogP contribution in [-0.2, 0) is 0 Å². The van der Waals surface area contributed by atoms with Crippen molar-refractivity contribution in [3.8, 4) is 6.07 Å². The minimum atomic E-state index is -0.150. The first-order valence-corrected chi connectivity index (χ1v) is 7.21. The largest absolute Gasteiger partial charge is 0.309 e. The molecule has 0 unspecified atom stereocenters. The molecule has 1 aliphatic rings. The number of nitrogens with zero attached hydrogens (tertiary/aromatic N) is 3. The van der Waals surface area contributed by atoms with Gasteiger partial charge in [0, 0.05) is 6.54 Å². The van der Waals surface area contributed by atoms with Gasteiger partial charge in [-0.1, -0.05) is 0 Å². The molecule has 1 saturated heterocycles. The van der Waals surface area contributed by atoms with E-state index in [-0.39, 0.29) is 5.41 Å². The second kappa shape index (κ2) is 7.11. The molecule has 0 aromatic heterocycles. The number of hydrogen-bond acceptors (Lipinski definition) is 3. The zero-order valence-corrected chi connectivity index (χ0v) is 12.6. The third-order valence-electron chi connectivity index (χ3n) is 3.91. The smallest absolute Gasteiger partial charge is 0.0683 e. The van der Waals surface area contributed by atoms with Crippen molar-refractivity contribution in [3.63, 3.8) is 0 Å². The molecule has 1 aliphatic heterocycles. The van der Waals surface area contributed by atoms with Gasteiger partial charge in [-0.3, -0.25) is 0 Å². The fourth-order valence-corrected chi connectivity index (χ4v) is 2.71. The highest BCUT2D eigenvalue weighted by Gasteiger charge is 2.21. The average Bonchev–Trinajstić information content (AvgIpc) is 2.30. The lowest BCUT2D eigenvalue weighted by Gasteiger charge is -2.33. The molecule has 3 nitrogen and oxygen atoms in total. The van der Waals surface area contributed by atoms with Gasteiger partial charge in [-0.2, -0.15) is 5.26 Å². The Morgan fingerprint density at radius 2 is 1.89 bits per heavy atom. The highest BCUT2D eigenvalue weighted by Crippen LogP contribution is 2.22. The van der Waals surface area contributed by atoms with E-state index in [0.29, 0.717) is 0 Å². The Hall–Kier alpha value is -0.590. The maximum Gasteiger partial charge on any atom is 0.0683 e. The minimum Gasteiger partial charge on any atom is -0.309 e. The molecule has 104 valence electrons. The van der Waals surface area contributed by atoms with E-state index in [2.05, 4.69) is 30.0 Å². The van der Waals surface area contributed by atoms with Gasteiger partial charge in [0.05, 0.1) is 11.5 Å². The SMILES string of the molecule is CN(C)CC1CCN(CCCC(C)(C)C#N)CC1. The molecule has 0 aromatic carbocycles. The van der Waals surface area contributed by atoms with Gasteiger partial charge in [-0.15, -0.1) is 0 Å². The lowest BCUT2D eigenvalue weighted by molar-refractivity contribution is 0.157. The van der Waals surface area contributed by atoms with E-state index in [1.165, 1.54) is 39.0 Å². The fourth-order valence-electron chi connectivity index (χ4n) is 2.71. The van der Waals surface area contributed by atoms with Crippen molar-refractivity contribution in [3.05, 3.63) is 0 Å². The maximum absolute atomic E-state index is 8.98. The number of rotatable bonds is 6. The van der Waals surface area contributed by atoms with Crippen LogP contribution in [0.5, 0.6) is 0 Å². The van der Waals surface area contributed by atoms with Crippen LogP contribution in [0.2, 0.25) is 0 Å². The Morgan fingerprint density at radius 3 is 2.39 bits per heavy atom. The van der Waals surface area contributed by atoms with Gasteiger partial charge in [0.2, 0.25) is 0 Å². The summed E-state index contributed by atoms with van der Waals surface area (Å²) >= 11 is 0. The van der Waals surface area contributed by atoms with Gasteiger partial charge in [0.25, 0.3) is 0 Å². The zero-order valence-electron chi connectivity index (χ0n) is 12.6. The Morgan fingerprint density at radius 1 is 1.28 bits per heavy atom. The van der Waals surface area contributed by atoms with Gasteiger partial charge in [-0.05, 0) is 79.2 Å². The molecule has 1 heterocycles. The summed E-state index contributed by atoms with van der Waals surface area (Å²) in [4.78, 5) is 4.87. The van der Waals surface area contributed by atoms with Crippen molar-refractivity contribution < 1.29 is 0 Å². The van der Waals surface area contributed by atoms with Crippen molar-refractivity contribution in [2.45, 2.75) is 39.5 Å². The van der Waals surface area contributed by atoms with E-state index in [0.717, 1.165) is 18.8 Å². The van der Waals surface area contributed by atoms with Crippen molar-refractivity contribution in [2.24, 2.45) is 11.3 Å². The Labute approximate surface area is 113 Å². The third kappa shape index (κ3) is 5.84. The van der Waals surface area contributed by atoms with E-state index in [9.17, 15) is 0 Å². The Balaban J connectivity index is 2.15. The van der Waals surface area contributed by atoms with Crippen LogP contribution in [0.15, 0.2) is 0 Å². The molecule has 0 N–H and O–H groups in total. The van der Waals surface area contributed by atoms with Crippen LogP contribution in [0.3, 0.4) is 0 Å².